The molecule has 5 nitrogen and oxygen atoms in total. The number of nitrogens with zero attached hydrogens (tertiary/aromatic N) is 1. The molecule has 0 aromatic heterocycles. The molecule has 26 heavy (non-hydrogen) atoms. The minimum Gasteiger partial charge on any atom is -0.497 e. The molecule has 0 aliphatic carbocycles. The highest BCUT2D eigenvalue weighted by molar-refractivity contribution is 5.89. The van der Waals surface area contributed by atoms with Crippen LogP contribution < -0.4 is 20.3 Å². The zero-order valence-electron chi connectivity index (χ0n) is 15.5. The Morgan fingerprint density at radius 1 is 1.15 bits per heavy atom. The van der Waals surface area contributed by atoms with Crippen LogP contribution in [0.1, 0.15) is 18.9 Å². The van der Waals surface area contributed by atoms with Gasteiger partial charge in [0.15, 0.2) is 0 Å². The van der Waals surface area contributed by atoms with Gasteiger partial charge in [-0.25, -0.2) is 4.79 Å². The maximum Gasteiger partial charge on any atom is 0.319 e. The number of aryl methyl sites for hydroxylation is 1. The maximum atomic E-state index is 12.1. The molecule has 0 spiro atoms. The van der Waals surface area contributed by atoms with E-state index >= 15 is 0 Å². The predicted octanol–water partition coefficient (Wildman–Crippen LogP) is 3.91. The zero-order valence-corrected chi connectivity index (χ0v) is 15.5. The van der Waals surface area contributed by atoms with Gasteiger partial charge in [-0.2, -0.15) is 0 Å². The predicted molar refractivity (Wildman–Crippen MR) is 106 cm³/mol. The van der Waals surface area contributed by atoms with Gasteiger partial charge in [-0.1, -0.05) is 19.1 Å². The third-order valence-corrected chi connectivity index (χ3v) is 4.89. The van der Waals surface area contributed by atoms with E-state index < -0.39 is 0 Å². The fourth-order valence-electron chi connectivity index (χ4n) is 3.26. The monoisotopic (exact) mass is 353 g/mol. The fourth-order valence-corrected chi connectivity index (χ4v) is 3.26. The maximum absolute atomic E-state index is 12.1. The van der Waals surface area contributed by atoms with Crippen LogP contribution in [-0.4, -0.2) is 32.8 Å². The number of methoxy groups -OCH3 is 1. The number of amides is 2. The lowest BCUT2D eigenvalue weighted by atomic mass is 10.1. The lowest BCUT2D eigenvalue weighted by Gasteiger charge is -2.19. The van der Waals surface area contributed by atoms with Crippen LogP contribution in [0.4, 0.5) is 16.2 Å². The van der Waals surface area contributed by atoms with Crippen LogP contribution in [0, 0.1) is 5.92 Å². The van der Waals surface area contributed by atoms with E-state index in [2.05, 4.69) is 34.6 Å². The van der Waals surface area contributed by atoms with Crippen molar-refractivity contribution in [2.45, 2.75) is 19.8 Å². The van der Waals surface area contributed by atoms with Crippen LogP contribution in [0.2, 0.25) is 0 Å². The Bertz CT molecular complexity index is 713. The van der Waals surface area contributed by atoms with Crippen LogP contribution in [-0.2, 0) is 6.42 Å². The van der Waals surface area contributed by atoms with Crippen molar-refractivity contribution in [3.63, 3.8) is 0 Å². The average molecular weight is 353 g/mol. The Morgan fingerprint density at radius 2 is 1.88 bits per heavy atom. The van der Waals surface area contributed by atoms with Crippen LogP contribution in [0.25, 0.3) is 0 Å². The summed E-state index contributed by atoms with van der Waals surface area (Å²) in [6, 6.07) is 16.0. The van der Waals surface area contributed by atoms with E-state index in [-0.39, 0.29) is 6.03 Å². The van der Waals surface area contributed by atoms with Gasteiger partial charge < -0.3 is 20.3 Å². The number of carbonyl (C=O) groups is 1. The Hall–Kier alpha value is -2.69. The average Bonchev–Trinajstić information content (AvgIpc) is 3.16. The molecular formula is C21H27N3O2. The van der Waals surface area contributed by atoms with Crippen LogP contribution in [0.3, 0.4) is 0 Å². The highest BCUT2D eigenvalue weighted by Crippen LogP contribution is 2.25. The molecule has 5 heteroatoms. The van der Waals surface area contributed by atoms with E-state index in [1.54, 1.807) is 7.11 Å². The number of benzene rings is 2. The van der Waals surface area contributed by atoms with Gasteiger partial charge in [0.05, 0.1) is 7.11 Å². The first-order valence-electron chi connectivity index (χ1n) is 9.20. The van der Waals surface area contributed by atoms with Gasteiger partial charge in [0, 0.05) is 31.0 Å². The van der Waals surface area contributed by atoms with E-state index in [4.69, 9.17) is 4.74 Å². The van der Waals surface area contributed by atoms with E-state index in [0.29, 0.717) is 12.5 Å². The van der Waals surface area contributed by atoms with Gasteiger partial charge in [0.25, 0.3) is 0 Å². The number of urea groups is 1. The fraction of sp³-hybridized carbons (Fsp3) is 0.381. The minimum atomic E-state index is -0.142. The van der Waals surface area contributed by atoms with Crippen molar-refractivity contribution < 1.29 is 9.53 Å². The van der Waals surface area contributed by atoms with Gasteiger partial charge in [0.1, 0.15) is 5.75 Å². The standard InChI is InChI=1S/C21H27N3O2/c1-3-16-4-6-18(7-5-16)23-21(25)22-14-17-12-13-24(15-17)19-8-10-20(26-2)11-9-19/h4-11,17H,3,12-15H2,1-2H3,(H2,22,23,25)/t17-/m0/s1. The molecule has 0 radical (unpaired) electrons. The number of anilines is 2. The third-order valence-electron chi connectivity index (χ3n) is 4.89. The van der Waals surface area contributed by atoms with Gasteiger partial charge in [-0.3, -0.25) is 0 Å². The smallest absolute Gasteiger partial charge is 0.319 e. The van der Waals surface area contributed by atoms with Crippen molar-refractivity contribution in [3.8, 4) is 5.75 Å². The summed E-state index contributed by atoms with van der Waals surface area (Å²) in [5, 5.41) is 5.89. The number of ether oxygens (including phenoxy) is 1. The summed E-state index contributed by atoms with van der Waals surface area (Å²) in [5.41, 5.74) is 3.29. The SMILES string of the molecule is CCc1ccc(NC(=O)NC[C@@H]2CCN(c3ccc(OC)cc3)C2)cc1. The van der Waals surface area contributed by atoms with Gasteiger partial charge in [-0.15, -0.1) is 0 Å². The molecule has 1 fully saturated rings. The van der Waals surface area contributed by atoms with Crippen molar-refractivity contribution in [2.75, 3.05) is 37.0 Å². The van der Waals surface area contributed by atoms with Gasteiger partial charge in [-0.05, 0) is 60.7 Å². The van der Waals surface area contributed by atoms with Crippen LogP contribution in [0.5, 0.6) is 5.75 Å². The number of carbonyl (C=O) groups excluding carboxylic acids is 1. The second kappa shape index (κ2) is 8.61. The Kier molecular flexibility index (Phi) is 6.00. The van der Waals surface area contributed by atoms with Gasteiger partial charge in [0.2, 0.25) is 0 Å². The van der Waals surface area contributed by atoms with E-state index in [1.165, 1.54) is 11.3 Å². The summed E-state index contributed by atoms with van der Waals surface area (Å²) in [6.45, 7) is 4.77. The molecule has 0 bridgehead atoms. The number of hydrogen-bond donors (Lipinski definition) is 2. The summed E-state index contributed by atoms with van der Waals surface area (Å²) in [7, 11) is 1.68. The van der Waals surface area contributed by atoms with Crippen LogP contribution >= 0.6 is 0 Å². The van der Waals surface area contributed by atoms with Crippen molar-refractivity contribution in [1.82, 2.24) is 5.32 Å². The second-order valence-corrected chi connectivity index (χ2v) is 6.68. The van der Waals surface area contributed by atoms with E-state index in [0.717, 1.165) is 37.4 Å². The Labute approximate surface area is 155 Å². The Morgan fingerprint density at radius 3 is 2.54 bits per heavy atom. The molecule has 0 saturated carbocycles. The number of nitrogens with one attached hydrogen (secondary N) is 2. The first-order chi connectivity index (χ1) is 12.7. The van der Waals surface area contributed by atoms with Crippen LogP contribution in [0.15, 0.2) is 48.5 Å². The molecule has 1 heterocycles. The summed E-state index contributed by atoms with van der Waals surface area (Å²) in [4.78, 5) is 14.5. The molecule has 0 unspecified atom stereocenters. The van der Waals surface area contributed by atoms with Crippen molar-refractivity contribution >= 4 is 17.4 Å². The molecule has 2 aromatic rings. The number of hydrogen-bond acceptors (Lipinski definition) is 3. The second-order valence-electron chi connectivity index (χ2n) is 6.68. The molecule has 1 atom stereocenters. The quantitative estimate of drug-likeness (QED) is 0.828. The van der Waals surface area contributed by atoms with Crippen molar-refractivity contribution in [1.29, 1.82) is 0 Å². The highest BCUT2D eigenvalue weighted by atomic mass is 16.5. The molecule has 3 rings (SSSR count). The summed E-state index contributed by atoms with van der Waals surface area (Å²) in [6.07, 6.45) is 2.08. The summed E-state index contributed by atoms with van der Waals surface area (Å²) in [5.74, 6) is 1.33. The van der Waals surface area contributed by atoms with Crippen molar-refractivity contribution in [2.24, 2.45) is 5.92 Å². The molecular weight excluding hydrogens is 326 g/mol. The Balaban J connectivity index is 1.43. The third kappa shape index (κ3) is 4.69. The van der Waals surface area contributed by atoms with Gasteiger partial charge >= 0.3 is 6.03 Å². The molecule has 1 saturated heterocycles. The van der Waals surface area contributed by atoms with Crippen molar-refractivity contribution in [3.05, 3.63) is 54.1 Å². The summed E-state index contributed by atoms with van der Waals surface area (Å²) < 4.78 is 5.21. The lowest BCUT2D eigenvalue weighted by molar-refractivity contribution is 0.250. The van der Waals surface area contributed by atoms with E-state index in [1.807, 2.05) is 36.4 Å². The normalized spacial score (nSPS) is 16.4. The highest BCUT2D eigenvalue weighted by Gasteiger charge is 2.23. The largest absolute Gasteiger partial charge is 0.497 e. The molecule has 2 amide bonds. The molecule has 1 aliphatic rings. The zero-order chi connectivity index (χ0) is 18.4. The lowest BCUT2D eigenvalue weighted by Crippen LogP contribution is -2.34. The molecule has 138 valence electrons. The first-order valence-corrected chi connectivity index (χ1v) is 9.20. The molecule has 2 aromatic carbocycles. The minimum absolute atomic E-state index is 0.142. The first kappa shape index (κ1) is 18.1. The number of rotatable bonds is 6. The topological polar surface area (TPSA) is 53.6 Å². The molecule has 1 aliphatic heterocycles. The van der Waals surface area contributed by atoms with E-state index in [9.17, 15) is 4.79 Å². The summed E-state index contributed by atoms with van der Waals surface area (Å²) >= 11 is 0. The molecule has 2 N–H and O–H groups in total.